The highest BCUT2D eigenvalue weighted by Crippen LogP contribution is 2.30. The quantitative estimate of drug-likeness (QED) is 0.201. The number of hydrogen-bond donors (Lipinski definition) is 3. The number of carboxylic acids is 1. The van der Waals surface area contributed by atoms with Gasteiger partial charge in [0.25, 0.3) is 5.91 Å². The number of halogens is 1. The van der Waals surface area contributed by atoms with Crippen molar-refractivity contribution in [2.45, 2.75) is 49.6 Å². The molecule has 11 heteroatoms. The van der Waals surface area contributed by atoms with Gasteiger partial charge >= 0.3 is 5.97 Å². The minimum absolute atomic E-state index is 0.0476. The minimum atomic E-state index is -4.12. The Morgan fingerprint density at radius 3 is 2.41 bits per heavy atom. The van der Waals surface area contributed by atoms with Crippen molar-refractivity contribution < 1.29 is 32.3 Å². The van der Waals surface area contributed by atoms with Crippen LogP contribution in [0.1, 0.15) is 33.1 Å². The second kappa shape index (κ2) is 11.6. The maximum Gasteiger partial charge on any atom is 0.321 e. The van der Waals surface area contributed by atoms with Gasteiger partial charge in [-0.05, 0) is 81.6 Å². The van der Waals surface area contributed by atoms with Crippen LogP contribution in [0.2, 0.25) is 5.02 Å². The van der Waals surface area contributed by atoms with Crippen molar-refractivity contribution in [2.75, 3.05) is 6.54 Å². The lowest BCUT2D eigenvalue weighted by atomic mass is 10.1. The Morgan fingerprint density at radius 2 is 1.69 bits per heavy atom. The number of furan rings is 1. The molecule has 9 nitrogen and oxygen atoms in total. The van der Waals surface area contributed by atoms with Gasteiger partial charge in [0.05, 0.1) is 4.90 Å². The predicted octanol–water partition coefficient (Wildman–Crippen LogP) is 5.12. The van der Waals surface area contributed by atoms with Gasteiger partial charge in [0.2, 0.25) is 10.0 Å². The fraction of sp³-hybridized carbons (Fsp3) is 0.286. The summed E-state index contributed by atoms with van der Waals surface area (Å²) in [4.78, 5) is 24.3. The third-order valence-corrected chi connectivity index (χ3v) is 7.91. The monoisotopic (exact) mass is 572 g/mol. The number of benzene rings is 3. The number of sulfonamides is 1. The number of carboxylic acid groups (broad SMARTS) is 1. The van der Waals surface area contributed by atoms with Gasteiger partial charge in [-0.1, -0.05) is 29.8 Å². The first-order chi connectivity index (χ1) is 18.5. The number of carbonyl (C=O) groups excluding carboxylic acids is 1. The molecule has 0 saturated carbocycles. The molecule has 0 saturated heterocycles. The maximum absolute atomic E-state index is 13.0. The summed E-state index contributed by atoms with van der Waals surface area (Å²) in [7, 11) is -4.12. The highest BCUT2D eigenvalue weighted by atomic mass is 35.5. The van der Waals surface area contributed by atoms with Gasteiger partial charge in [-0.2, -0.15) is 4.72 Å². The average molecular weight is 573 g/mol. The van der Waals surface area contributed by atoms with Crippen LogP contribution in [0.5, 0.6) is 5.75 Å². The smallest absolute Gasteiger partial charge is 0.321 e. The summed E-state index contributed by atoms with van der Waals surface area (Å²) < 4.78 is 39.8. The Labute approximate surface area is 231 Å². The molecule has 3 N–H and O–H groups in total. The van der Waals surface area contributed by atoms with Crippen molar-refractivity contribution in [3.05, 3.63) is 71.8 Å². The van der Waals surface area contributed by atoms with Gasteiger partial charge in [0, 0.05) is 22.3 Å². The van der Waals surface area contributed by atoms with Crippen LogP contribution in [-0.4, -0.2) is 43.6 Å². The number of nitrogens with one attached hydrogen (secondary N) is 2. The molecule has 1 heterocycles. The molecule has 206 valence electrons. The lowest BCUT2D eigenvalue weighted by molar-refractivity contribution is -0.139. The summed E-state index contributed by atoms with van der Waals surface area (Å²) in [6.07, 6.45) is 0.858. The third-order valence-electron chi connectivity index (χ3n) is 6.19. The molecule has 39 heavy (non-hydrogen) atoms. The molecule has 0 aliphatic heterocycles. The van der Waals surface area contributed by atoms with Crippen LogP contribution < -0.4 is 14.8 Å². The SMILES string of the molecule is CC(C)(Oc1ccc(Cl)cc1)C(=O)NCCCCC(NS(=O)(=O)c1ccc2oc3ccccc3c2c1)C(=O)O. The summed E-state index contributed by atoms with van der Waals surface area (Å²) >= 11 is 5.87. The fourth-order valence-electron chi connectivity index (χ4n) is 4.09. The van der Waals surface area contributed by atoms with Crippen molar-refractivity contribution in [2.24, 2.45) is 0 Å². The van der Waals surface area contributed by atoms with Gasteiger partial charge in [-0.15, -0.1) is 0 Å². The van der Waals surface area contributed by atoms with Crippen molar-refractivity contribution in [1.29, 1.82) is 0 Å². The van der Waals surface area contributed by atoms with Gasteiger partial charge in [-0.25, -0.2) is 8.42 Å². The summed E-state index contributed by atoms with van der Waals surface area (Å²) in [5, 5.41) is 14.4. The second-order valence-electron chi connectivity index (χ2n) is 9.59. The van der Waals surface area contributed by atoms with Crippen LogP contribution in [0, 0.1) is 0 Å². The number of fused-ring (bicyclic) bond motifs is 3. The van der Waals surface area contributed by atoms with Crippen molar-refractivity contribution >= 4 is 55.4 Å². The van der Waals surface area contributed by atoms with Crippen molar-refractivity contribution in [3.63, 3.8) is 0 Å². The number of aliphatic carboxylic acids is 1. The van der Waals surface area contributed by atoms with E-state index in [9.17, 15) is 23.1 Å². The third kappa shape index (κ3) is 6.89. The molecule has 1 amide bonds. The zero-order valence-electron chi connectivity index (χ0n) is 21.4. The highest BCUT2D eigenvalue weighted by Gasteiger charge is 2.30. The normalized spacial score (nSPS) is 12.9. The number of unbranched alkanes of at least 4 members (excludes halogenated alkanes) is 1. The highest BCUT2D eigenvalue weighted by molar-refractivity contribution is 7.89. The van der Waals surface area contributed by atoms with Crippen molar-refractivity contribution in [1.82, 2.24) is 10.0 Å². The Morgan fingerprint density at radius 1 is 1.00 bits per heavy atom. The molecule has 1 unspecified atom stereocenters. The molecule has 3 aromatic carbocycles. The Balaban J connectivity index is 1.31. The molecular weight excluding hydrogens is 544 g/mol. The molecular formula is C28H29ClN2O7S. The summed E-state index contributed by atoms with van der Waals surface area (Å²) in [6.45, 7) is 3.54. The zero-order chi connectivity index (χ0) is 28.2. The van der Waals surface area contributed by atoms with E-state index in [-0.39, 0.29) is 23.8 Å². The minimum Gasteiger partial charge on any atom is -0.480 e. The number of carbonyl (C=O) groups is 2. The van der Waals surface area contributed by atoms with Crippen molar-refractivity contribution in [3.8, 4) is 5.75 Å². The summed E-state index contributed by atoms with van der Waals surface area (Å²) in [5.74, 6) is -1.12. The number of amides is 1. The molecule has 0 bridgehead atoms. The molecule has 1 aromatic heterocycles. The van der Waals surface area contributed by atoms with E-state index in [2.05, 4.69) is 10.0 Å². The van der Waals surface area contributed by atoms with Crippen LogP contribution in [-0.2, 0) is 19.6 Å². The van der Waals surface area contributed by atoms with Crippen LogP contribution in [0.15, 0.2) is 76.0 Å². The standard InChI is InChI=1S/C28H29ClN2O7S/c1-28(2,38-19-12-10-18(29)11-13-19)27(34)30-16-6-5-8-23(26(32)33)31-39(35,36)20-14-15-25-22(17-20)21-7-3-4-9-24(21)37-25/h3-4,7,9-15,17,23,31H,5-6,8,16H2,1-2H3,(H,30,34)(H,32,33). The first-order valence-electron chi connectivity index (χ1n) is 12.4. The predicted molar refractivity (Wildman–Crippen MR) is 148 cm³/mol. The molecule has 0 spiro atoms. The summed E-state index contributed by atoms with van der Waals surface area (Å²) in [5.41, 5.74) is 0.0215. The number of para-hydroxylation sites is 1. The van der Waals surface area contributed by atoms with E-state index in [1.54, 1.807) is 50.2 Å². The molecule has 4 aromatic rings. The fourth-order valence-corrected chi connectivity index (χ4v) is 5.47. The molecule has 1 atom stereocenters. The van der Waals surface area contributed by atoms with Crippen LogP contribution >= 0.6 is 11.6 Å². The topological polar surface area (TPSA) is 135 Å². The molecule has 4 rings (SSSR count). The lowest BCUT2D eigenvalue weighted by Gasteiger charge is -2.25. The van der Waals surface area contributed by atoms with Gasteiger partial charge in [0.15, 0.2) is 5.60 Å². The van der Waals surface area contributed by atoms with Gasteiger partial charge < -0.3 is 19.6 Å². The van der Waals surface area contributed by atoms with Crippen LogP contribution in [0.3, 0.4) is 0 Å². The van der Waals surface area contributed by atoms with E-state index in [1.165, 1.54) is 12.1 Å². The molecule has 0 aliphatic carbocycles. The zero-order valence-corrected chi connectivity index (χ0v) is 23.0. The van der Waals surface area contributed by atoms with Crippen LogP contribution in [0.4, 0.5) is 0 Å². The number of hydrogen-bond acceptors (Lipinski definition) is 6. The van der Waals surface area contributed by atoms with E-state index in [1.807, 2.05) is 18.2 Å². The van der Waals surface area contributed by atoms with Gasteiger partial charge in [0.1, 0.15) is 23.0 Å². The average Bonchev–Trinajstić information content (AvgIpc) is 3.26. The Kier molecular flexibility index (Phi) is 8.48. The number of ether oxygens (including phenoxy) is 1. The summed E-state index contributed by atoms with van der Waals surface area (Å²) in [6, 6.07) is 17.0. The Bertz CT molecular complexity index is 1600. The molecule has 0 radical (unpaired) electrons. The van der Waals surface area contributed by atoms with E-state index < -0.39 is 27.6 Å². The van der Waals surface area contributed by atoms with E-state index in [4.69, 9.17) is 20.8 Å². The van der Waals surface area contributed by atoms with E-state index in [0.717, 1.165) is 5.39 Å². The number of rotatable bonds is 12. The Hall–Kier alpha value is -3.60. The first kappa shape index (κ1) is 28.4. The lowest BCUT2D eigenvalue weighted by Crippen LogP contribution is -2.46. The first-order valence-corrected chi connectivity index (χ1v) is 14.2. The van der Waals surface area contributed by atoms with Gasteiger partial charge in [-0.3, -0.25) is 9.59 Å². The van der Waals surface area contributed by atoms with E-state index >= 15 is 0 Å². The molecule has 0 aliphatic rings. The maximum atomic E-state index is 13.0. The van der Waals surface area contributed by atoms with Crippen LogP contribution in [0.25, 0.3) is 21.9 Å². The second-order valence-corrected chi connectivity index (χ2v) is 11.7. The van der Waals surface area contributed by atoms with E-state index in [0.29, 0.717) is 40.2 Å². The molecule has 0 fully saturated rings. The largest absolute Gasteiger partial charge is 0.480 e.